The van der Waals surface area contributed by atoms with Gasteiger partial charge in [0.1, 0.15) is 5.82 Å². The zero-order valence-corrected chi connectivity index (χ0v) is 11.4. The van der Waals surface area contributed by atoms with E-state index in [1.165, 1.54) is 0 Å². The van der Waals surface area contributed by atoms with Crippen LogP contribution in [0.2, 0.25) is 0 Å². The summed E-state index contributed by atoms with van der Waals surface area (Å²) in [4.78, 5) is 11.1. The van der Waals surface area contributed by atoms with Gasteiger partial charge in [0.15, 0.2) is 5.65 Å². The molecule has 18 heavy (non-hydrogen) atoms. The van der Waals surface area contributed by atoms with Gasteiger partial charge in [-0.2, -0.15) is 15.1 Å². The second-order valence-electron chi connectivity index (χ2n) is 4.81. The van der Waals surface area contributed by atoms with Crippen molar-refractivity contribution >= 4 is 22.8 Å². The molecule has 0 saturated heterocycles. The number of rotatable bonds is 5. The first-order valence-corrected chi connectivity index (χ1v) is 6.28. The Morgan fingerprint density at radius 3 is 2.83 bits per heavy atom. The number of hydrogen-bond acceptors (Lipinski definition) is 5. The fraction of sp³-hybridized carbons (Fsp3) is 0.583. The molecule has 2 aromatic rings. The molecular formula is C12H20N6. The van der Waals surface area contributed by atoms with Gasteiger partial charge in [0.05, 0.1) is 11.6 Å². The van der Waals surface area contributed by atoms with E-state index in [0.29, 0.717) is 11.9 Å². The number of hydrogen-bond donors (Lipinski definition) is 2. The summed E-state index contributed by atoms with van der Waals surface area (Å²) in [5.74, 6) is 2.13. The molecule has 0 aliphatic carbocycles. The lowest BCUT2D eigenvalue weighted by molar-refractivity contribution is 0.635. The first kappa shape index (κ1) is 12.6. The van der Waals surface area contributed by atoms with Crippen LogP contribution in [0.15, 0.2) is 6.20 Å². The Balaban J connectivity index is 2.42. The van der Waals surface area contributed by atoms with E-state index in [9.17, 15) is 0 Å². The summed E-state index contributed by atoms with van der Waals surface area (Å²) in [6.45, 7) is 8.15. The molecule has 0 bridgehead atoms. The lowest BCUT2D eigenvalue weighted by Crippen LogP contribution is -2.24. The molecule has 0 amide bonds. The predicted molar refractivity (Wildman–Crippen MR) is 74.0 cm³/mol. The number of aromatic nitrogens is 4. The van der Waals surface area contributed by atoms with Gasteiger partial charge in [-0.05, 0) is 12.8 Å². The minimum absolute atomic E-state index is 0.578. The maximum Gasteiger partial charge on any atom is 0.226 e. The highest BCUT2D eigenvalue weighted by Crippen LogP contribution is 2.23. The van der Waals surface area contributed by atoms with Gasteiger partial charge >= 0.3 is 0 Å². The van der Waals surface area contributed by atoms with Crippen LogP contribution >= 0.6 is 0 Å². The highest BCUT2D eigenvalue weighted by atomic mass is 15.2. The zero-order valence-electron chi connectivity index (χ0n) is 11.4. The number of fused-ring (bicyclic) bond motifs is 1. The molecule has 6 nitrogen and oxygen atoms in total. The van der Waals surface area contributed by atoms with Crippen LogP contribution in [0.1, 0.15) is 20.8 Å². The van der Waals surface area contributed by atoms with Crippen molar-refractivity contribution in [1.29, 1.82) is 0 Å². The third-order valence-electron chi connectivity index (χ3n) is 2.63. The standard InChI is InChI=1S/C12H20N6/c1-5-13-12-15-10-9(6-14-17-10)11(16-12)18(4)7-8(2)3/h6,8H,5,7H2,1-4H3,(H2,13,14,15,16,17). The average molecular weight is 248 g/mol. The molecule has 0 aromatic carbocycles. The van der Waals surface area contributed by atoms with Gasteiger partial charge in [-0.3, -0.25) is 5.10 Å². The lowest BCUT2D eigenvalue weighted by atomic mass is 10.2. The fourth-order valence-corrected chi connectivity index (χ4v) is 1.98. The second-order valence-corrected chi connectivity index (χ2v) is 4.81. The van der Waals surface area contributed by atoms with Crippen molar-refractivity contribution in [3.63, 3.8) is 0 Å². The lowest BCUT2D eigenvalue weighted by Gasteiger charge is -2.21. The Kier molecular flexibility index (Phi) is 3.64. The number of nitrogens with zero attached hydrogens (tertiary/aromatic N) is 4. The molecule has 2 aromatic heterocycles. The summed E-state index contributed by atoms with van der Waals surface area (Å²) >= 11 is 0. The van der Waals surface area contributed by atoms with Crippen LogP contribution in [-0.2, 0) is 0 Å². The van der Waals surface area contributed by atoms with Crippen molar-refractivity contribution in [2.75, 3.05) is 30.4 Å². The molecule has 98 valence electrons. The maximum atomic E-state index is 4.56. The molecule has 0 radical (unpaired) electrons. The van der Waals surface area contributed by atoms with Gasteiger partial charge in [0.2, 0.25) is 5.95 Å². The van der Waals surface area contributed by atoms with E-state index < -0.39 is 0 Å². The highest BCUT2D eigenvalue weighted by molar-refractivity contribution is 5.87. The Morgan fingerprint density at radius 2 is 2.17 bits per heavy atom. The van der Waals surface area contributed by atoms with Gasteiger partial charge in [0.25, 0.3) is 0 Å². The van der Waals surface area contributed by atoms with Crippen molar-refractivity contribution in [3.05, 3.63) is 6.20 Å². The summed E-state index contributed by atoms with van der Waals surface area (Å²) in [6, 6.07) is 0. The first-order chi connectivity index (χ1) is 8.61. The third kappa shape index (κ3) is 2.52. The third-order valence-corrected chi connectivity index (χ3v) is 2.63. The van der Waals surface area contributed by atoms with Crippen LogP contribution in [0.5, 0.6) is 0 Å². The minimum Gasteiger partial charge on any atom is -0.359 e. The molecule has 0 spiro atoms. The van der Waals surface area contributed by atoms with Crippen LogP contribution in [0, 0.1) is 5.92 Å². The number of anilines is 2. The molecule has 0 fully saturated rings. The number of H-pyrrole nitrogens is 1. The normalized spacial score (nSPS) is 11.2. The minimum atomic E-state index is 0.578. The van der Waals surface area contributed by atoms with E-state index in [0.717, 1.165) is 29.9 Å². The van der Waals surface area contributed by atoms with Crippen LogP contribution in [0.25, 0.3) is 11.0 Å². The predicted octanol–water partition coefficient (Wildman–Crippen LogP) is 1.88. The van der Waals surface area contributed by atoms with E-state index in [-0.39, 0.29) is 0 Å². The average Bonchev–Trinajstić information content (AvgIpc) is 2.75. The van der Waals surface area contributed by atoms with E-state index in [1.807, 2.05) is 14.0 Å². The van der Waals surface area contributed by atoms with Gasteiger partial charge in [0, 0.05) is 20.1 Å². The van der Waals surface area contributed by atoms with Crippen LogP contribution < -0.4 is 10.2 Å². The molecular weight excluding hydrogens is 228 g/mol. The molecule has 0 atom stereocenters. The summed E-state index contributed by atoms with van der Waals surface area (Å²) < 4.78 is 0. The topological polar surface area (TPSA) is 69.7 Å². The van der Waals surface area contributed by atoms with Gasteiger partial charge < -0.3 is 10.2 Å². The van der Waals surface area contributed by atoms with Gasteiger partial charge in [-0.25, -0.2) is 0 Å². The summed E-state index contributed by atoms with van der Waals surface area (Å²) in [7, 11) is 2.05. The van der Waals surface area contributed by atoms with E-state index in [4.69, 9.17) is 0 Å². The molecule has 2 heterocycles. The SMILES string of the molecule is CCNc1nc(N(C)CC(C)C)c2cn[nH]c2n1. The van der Waals surface area contributed by atoms with E-state index in [2.05, 4.69) is 44.2 Å². The summed E-state index contributed by atoms with van der Waals surface area (Å²) in [5, 5.41) is 11.0. The fourth-order valence-electron chi connectivity index (χ4n) is 1.98. The monoisotopic (exact) mass is 248 g/mol. The van der Waals surface area contributed by atoms with Crippen molar-refractivity contribution in [1.82, 2.24) is 20.2 Å². The quantitative estimate of drug-likeness (QED) is 0.845. The number of nitrogens with one attached hydrogen (secondary N) is 2. The molecule has 2 rings (SSSR count). The Hall–Kier alpha value is -1.85. The summed E-state index contributed by atoms with van der Waals surface area (Å²) in [6.07, 6.45) is 1.78. The second kappa shape index (κ2) is 5.20. The zero-order chi connectivity index (χ0) is 13.1. The van der Waals surface area contributed by atoms with Crippen molar-refractivity contribution in [2.45, 2.75) is 20.8 Å². The maximum absolute atomic E-state index is 4.56. The number of aromatic amines is 1. The Morgan fingerprint density at radius 1 is 1.39 bits per heavy atom. The van der Waals surface area contributed by atoms with E-state index in [1.54, 1.807) is 6.20 Å². The summed E-state index contributed by atoms with van der Waals surface area (Å²) in [5.41, 5.74) is 0.770. The Labute approximate surface area is 107 Å². The van der Waals surface area contributed by atoms with Crippen LogP contribution in [-0.4, -0.2) is 40.3 Å². The van der Waals surface area contributed by atoms with Gasteiger partial charge in [-0.1, -0.05) is 13.8 Å². The van der Waals surface area contributed by atoms with Crippen molar-refractivity contribution in [2.24, 2.45) is 5.92 Å². The van der Waals surface area contributed by atoms with Crippen LogP contribution in [0.3, 0.4) is 0 Å². The molecule has 0 aliphatic heterocycles. The van der Waals surface area contributed by atoms with E-state index >= 15 is 0 Å². The van der Waals surface area contributed by atoms with Gasteiger partial charge in [-0.15, -0.1) is 0 Å². The van der Waals surface area contributed by atoms with Crippen molar-refractivity contribution in [3.8, 4) is 0 Å². The molecule has 0 unspecified atom stereocenters. The van der Waals surface area contributed by atoms with Crippen molar-refractivity contribution < 1.29 is 0 Å². The molecule has 2 N–H and O–H groups in total. The molecule has 6 heteroatoms. The highest BCUT2D eigenvalue weighted by Gasteiger charge is 2.13. The molecule has 0 saturated carbocycles. The smallest absolute Gasteiger partial charge is 0.226 e. The first-order valence-electron chi connectivity index (χ1n) is 6.28. The molecule has 0 aliphatic rings. The Bertz CT molecular complexity index is 518. The largest absolute Gasteiger partial charge is 0.359 e. The van der Waals surface area contributed by atoms with Crippen LogP contribution in [0.4, 0.5) is 11.8 Å².